The quantitative estimate of drug-likeness (QED) is 0.686. The van der Waals surface area contributed by atoms with Gasteiger partial charge in [-0.1, -0.05) is 0 Å². The van der Waals surface area contributed by atoms with E-state index in [2.05, 4.69) is 10.1 Å². The molecule has 8 nitrogen and oxygen atoms in total. The zero-order valence-electron chi connectivity index (χ0n) is 13.1. The van der Waals surface area contributed by atoms with Gasteiger partial charge >= 0.3 is 6.09 Å². The summed E-state index contributed by atoms with van der Waals surface area (Å²) in [7, 11) is 2.86. The van der Waals surface area contributed by atoms with Crippen LogP contribution >= 0.6 is 0 Å². The molecule has 8 heteroatoms. The summed E-state index contributed by atoms with van der Waals surface area (Å²) < 4.78 is 4.61. The van der Waals surface area contributed by atoms with E-state index >= 15 is 0 Å². The van der Waals surface area contributed by atoms with Gasteiger partial charge in [0.15, 0.2) is 0 Å². The smallest absolute Gasteiger partial charge is 0.413 e. The first-order valence-electron chi connectivity index (χ1n) is 6.90. The molecule has 0 fully saturated rings. The number of non-ortho nitro benzene ring substituents is 1. The van der Waals surface area contributed by atoms with Crippen LogP contribution in [0.4, 0.5) is 21.9 Å². The number of nitrogens with zero attached hydrogens (tertiary/aromatic N) is 2. The molecular weight excluding hydrogens is 314 g/mol. The summed E-state index contributed by atoms with van der Waals surface area (Å²) in [5, 5.41) is 13.3. The Morgan fingerprint density at radius 2 is 1.67 bits per heavy atom. The van der Waals surface area contributed by atoms with Crippen LogP contribution in [0.2, 0.25) is 0 Å². The molecule has 0 aromatic heterocycles. The van der Waals surface area contributed by atoms with Gasteiger partial charge in [0.2, 0.25) is 0 Å². The molecule has 0 bridgehead atoms. The number of benzene rings is 2. The Morgan fingerprint density at radius 1 is 1.08 bits per heavy atom. The fourth-order valence-electron chi connectivity index (χ4n) is 1.95. The second-order valence-corrected chi connectivity index (χ2v) is 4.83. The summed E-state index contributed by atoms with van der Waals surface area (Å²) in [5.74, 6) is -0.390. The second kappa shape index (κ2) is 7.23. The van der Waals surface area contributed by atoms with Gasteiger partial charge in [0, 0.05) is 36.1 Å². The number of nitro benzene ring substituents is 1. The summed E-state index contributed by atoms with van der Waals surface area (Å²) in [6, 6.07) is 11.9. The van der Waals surface area contributed by atoms with Crippen molar-refractivity contribution in [3.63, 3.8) is 0 Å². The number of hydrogen-bond acceptors (Lipinski definition) is 5. The van der Waals surface area contributed by atoms with Crippen molar-refractivity contribution in [1.29, 1.82) is 0 Å². The normalized spacial score (nSPS) is 9.92. The number of anilines is 2. The maximum Gasteiger partial charge on any atom is 0.413 e. The molecule has 1 N–H and O–H groups in total. The average Bonchev–Trinajstić information content (AvgIpc) is 2.61. The van der Waals surface area contributed by atoms with Gasteiger partial charge in [-0.15, -0.1) is 0 Å². The van der Waals surface area contributed by atoms with Gasteiger partial charge in [-0.2, -0.15) is 0 Å². The van der Waals surface area contributed by atoms with E-state index in [0.29, 0.717) is 16.9 Å². The lowest BCUT2D eigenvalue weighted by Crippen LogP contribution is -2.25. The highest BCUT2D eigenvalue weighted by Gasteiger charge is 2.12. The Morgan fingerprint density at radius 3 is 2.17 bits per heavy atom. The second-order valence-electron chi connectivity index (χ2n) is 4.83. The molecule has 124 valence electrons. The van der Waals surface area contributed by atoms with Gasteiger partial charge < -0.3 is 10.1 Å². The van der Waals surface area contributed by atoms with E-state index in [-0.39, 0.29) is 11.6 Å². The van der Waals surface area contributed by atoms with Crippen molar-refractivity contribution in [1.82, 2.24) is 0 Å². The first kappa shape index (κ1) is 16.9. The van der Waals surface area contributed by atoms with Crippen molar-refractivity contribution in [3.8, 4) is 0 Å². The minimum Gasteiger partial charge on any atom is -0.452 e. The Hall–Kier alpha value is -3.42. The summed E-state index contributed by atoms with van der Waals surface area (Å²) in [5.41, 5.74) is 1.36. The third-order valence-electron chi connectivity index (χ3n) is 3.30. The molecule has 24 heavy (non-hydrogen) atoms. The van der Waals surface area contributed by atoms with Gasteiger partial charge in [-0.25, -0.2) is 4.79 Å². The topological polar surface area (TPSA) is 102 Å². The Kier molecular flexibility index (Phi) is 5.10. The van der Waals surface area contributed by atoms with Crippen LogP contribution in [0.1, 0.15) is 10.4 Å². The largest absolute Gasteiger partial charge is 0.452 e. The number of carbonyl (C=O) groups excluding carboxylic acids is 2. The number of ether oxygens (including phenoxy) is 1. The maximum atomic E-state index is 12.1. The predicted molar refractivity (Wildman–Crippen MR) is 88.3 cm³/mol. The van der Waals surface area contributed by atoms with Crippen LogP contribution in [0, 0.1) is 10.1 Å². The lowest BCUT2D eigenvalue weighted by molar-refractivity contribution is -0.384. The van der Waals surface area contributed by atoms with E-state index in [1.165, 1.54) is 36.3 Å². The van der Waals surface area contributed by atoms with E-state index in [9.17, 15) is 19.7 Å². The molecule has 2 amide bonds. The predicted octanol–water partition coefficient (Wildman–Crippen LogP) is 3.05. The van der Waals surface area contributed by atoms with Crippen LogP contribution in [0.15, 0.2) is 48.5 Å². The van der Waals surface area contributed by atoms with Crippen LogP contribution in [0.25, 0.3) is 0 Å². The molecule has 0 atom stereocenters. The van der Waals surface area contributed by atoms with Crippen molar-refractivity contribution in [2.45, 2.75) is 0 Å². The van der Waals surface area contributed by atoms with Gasteiger partial charge in [-0.05, 0) is 36.4 Å². The molecular formula is C16H15N3O5. The molecule has 0 aliphatic heterocycles. The van der Waals surface area contributed by atoms with Gasteiger partial charge in [0.25, 0.3) is 11.6 Å². The number of rotatable bonds is 4. The first-order chi connectivity index (χ1) is 11.4. The number of nitro groups is 1. The molecule has 0 aliphatic rings. The van der Waals surface area contributed by atoms with Crippen LogP contribution in [-0.2, 0) is 4.74 Å². The van der Waals surface area contributed by atoms with Crippen molar-refractivity contribution in [3.05, 3.63) is 64.2 Å². The Labute approximate surface area is 137 Å². The van der Waals surface area contributed by atoms with Crippen molar-refractivity contribution in [2.75, 3.05) is 24.4 Å². The zero-order valence-corrected chi connectivity index (χ0v) is 13.1. The molecule has 0 saturated carbocycles. The summed E-state index contributed by atoms with van der Waals surface area (Å²) in [4.78, 5) is 34.9. The first-order valence-corrected chi connectivity index (χ1v) is 6.90. The monoisotopic (exact) mass is 329 g/mol. The number of nitrogens with one attached hydrogen (secondary N) is 1. The van der Waals surface area contributed by atoms with E-state index < -0.39 is 11.0 Å². The third kappa shape index (κ3) is 3.86. The van der Waals surface area contributed by atoms with Crippen molar-refractivity contribution >= 4 is 29.1 Å². The molecule has 0 spiro atoms. The number of carbonyl (C=O) groups is 2. The molecule has 0 saturated heterocycles. The zero-order chi connectivity index (χ0) is 17.7. The Bertz CT molecular complexity index is 756. The van der Waals surface area contributed by atoms with Crippen LogP contribution < -0.4 is 10.2 Å². The maximum absolute atomic E-state index is 12.1. The van der Waals surface area contributed by atoms with Gasteiger partial charge in [0.05, 0.1) is 12.0 Å². The van der Waals surface area contributed by atoms with Crippen LogP contribution in [-0.4, -0.2) is 31.1 Å². The lowest BCUT2D eigenvalue weighted by atomic mass is 10.2. The summed E-state index contributed by atoms with van der Waals surface area (Å²) >= 11 is 0. The Balaban J connectivity index is 2.06. The molecule has 0 unspecified atom stereocenters. The van der Waals surface area contributed by atoms with Crippen LogP contribution in [0.5, 0.6) is 0 Å². The molecule has 2 aromatic rings. The lowest BCUT2D eigenvalue weighted by Gasteiger charge is -2.15. The summed E-state index contributed by atoms with van der Waals surface area (Å²) in [6.07, 6.45) is -0.502. The molecule has 2 rings (SSSR count). The standard InChI is InChI=1S/C16H15N3O5/c1-18(16(21)24-2)13-9-5-12(6-10-13)17-15(20)11-3-7-14(8-4-11)19(22)23/h3-10H,1-2H3,(H,17,20). The highest BCUT2D eigenvalue weighted by molar-refractivity contribution is 6.04. The van der Waals surface area contributed by atoms with Crippen molar-refractivity contribution < 1.29 is 19.2 Å². The molecule has 0 radical (unpaired) electrons. The fourth-order valence-corrected chi connectivity index (χ4v) is 1.95. The average molecular weight is 329 g/mol. The van der Waals surface area contributed by atoms with Crippen LogP contribution in [0.3, 0.4) is 0 Å². The highest BCUT2D eigenvalue weighted by Crippen LogP contribution is 2.19. The minimum atomic E-state index is -0.530. The van der Waals surface area contributed by atoms with Gasteiger partial charge in [0.1, 0.15) is 0 Å². The van der Waals surface area contributed by atoms with E-state index in [0.717, 1.165) is 0 Å². The van der Waals surface area contributed by atoms with Gasteiger partial charge in [-0.3, -0.25) is 19.8 Å². The highest BCUT2D eigenvalue weighted by atomic mass is 16.6. The third-order valence-corrected chi connectivity index (χ3v) is 3.30. The number of methoxy groups -OCH3 is 1. The fraction of sp³-hybridized carbons (Fsp3) is 0.125. The number of amides is 2. The molecule has 0 heterocycles. The van der Waals surface area contributed by atoms with E-state index in [4.69, 9.17) is 0 Å². The van der Waals surface area contributed by atoms with Crippen molar-refractivity contribution in [2.24, 2.45) is 0 Å². The SMILES string of the molecule is COC(=O)N(C)c1ccc(NC(=O)c2ccc([N+](=O)[O-])cc2)cc1. The molecule has 2 aromatic carbocycles. The number of hydrogen-bond donors (Lipinski definition) is 1. The summed E-state index contributed by atoms with van der Waals surface area (Å²) in [6.45, 7) is 0. The van der Waals surface area contributed by atoms with E-state index in [1.54, 1.807) is 31.3 Å². The minimum absolute atomic E-state index is 0.0817. The molecule has 0 aliphatic carbocycles. The van der Waals surface area contributed by atoms with E-state index in [1.807, 2.05) is 0 Å².